The number of piperazine rings is 1. The van der Waals surface area contributed by atoms with Crippen LogP contribution in [0.3, 0.4) is 0 Å². The fourth-order valence-electron chi connectivity index (χ4n) is 2.79. The quantitative estimate of drug-likeness (QED) is 0.826. The highest BCUT2D eigenvalue weighted by Gasteiger charge is 2.29. The molecule has 0 unspecified atom stereocenters. The fourth-order valence-corrected chi connectivity index (χ4v) is 2.79. The van der Waals surface area contributed by atoms with Gasteiger partial charge < -0.3 is 14.4 Å². The SMILES string of the molecule is CC(C)CN1CCN(c2nccn(C3CC3)c2=O)CC1=O. The van der Waals surface area contributed by atoms with Crippen LogP contribution in [0.1, 0.15) is 32.7 Å². The number of carbonyl (C=O) groups excluding carboxylic acids is 1. The summed E-state index contributed by atoms with van der Waals surface area (Å²) in [6.07, 6.45) is 5.54. The number of hydrogen-bond donors (Lipinski definition) is 0. The number of rotatable bonds is 4. The Labute approximate surface area is 124 Å². The molecule has 114 valence electrons. The summed E-state index contributed by atoms with van der Waals surface area (Å²) in [5, 5.41) is 0. The lowest BCUT2D eigenvalue weighted by atomic mass is 10.2. The fraction of sp³-hybridized carbons (Fsp3) is 0.667. The van der Waals surface area contributed by atoms with Crippen LogP contribution in [0.25, 0.3) is 0 Å². The molecule has 6 nitrogen and oxygen atoms in total. The van der Waals surface area contributed by atoms with Crippen molar-refractivity contribution in [3.8, 4) is 0 Å². The van der Waals surface area contributed by atoms with Crippen molar-refractivity contribution in [1.82, 2.24) is 14.5 Å². The summed E-state index contributed by atoms with van der Waals surface area (Å²) in [6, 6.07) is 0.331. The first-order valence-electron chi connectivity index (χ1n) is 7.66. The van der Waals surface area contributed by atoms with Crippen molar-refractivity contribution >= 4 is 11.7 Å². The Balaban J connectivity index is 1.76. The Morgan fingerprint density at radius 1 is 1.29 bits per heavy atom. The predicted molar refractivity (Wildman–Crippen MR) is 80.4 cm³/mol. The van der Waals surface area contributed by atoms with E-state index >= 15 is 0 Å². The number of hydrogen-bond acceptors (Lipinski definition) is 4. The minimum atomic E-state index is -0.0647. The summed E-state index contributed by atoms with van der Waals surface area (Å²) in [5.41, 5.74) is -0.0647. The molecule has 1 aromatic heterocycles. The highest BCUT2D eigenvalue weighted by molar-refractivity contribution is 5.82. The highest BCUT2D eigenvalue weighted by Crippen LogP contribution is 2.33. The van der Waals surface area contributed by atoms with E-state index in [1.54, 1.807) is 17.0 Å². The number of carbonyl (C=O) groups is 1. The number of amides is 1. The van der Waals surface area contributed by atoms with Crippen LogP contribution in [0.2, 0.25) is 0 Å². The number of nitrogens with zero attached hydrogens (tertiary/aromatic N) is 4. The second kappa shape index (κ2) is 5.50. The lowest BCUT2D eigenvalue weighted by molar-refractivity contribution is -0.131. The standard InChI is InChI=1S/C15H22N4O2/c1-11(2)9-17-7-8-18(10-13(17)20)14-15(21)19(6-5-16-14)12-3-4-12/h5-6,11-12H,3-4,7-10H2,1-2H3. The third-order valence-electron chi connectivity index (χ3n) is 3.99. The Bertz CT molecular complexity index is 592. The van der Waals surface area contributed by atoms with Gasteiger partial charge in [0.15, 0.2) is 5.82 Å². The molecule has 0 N–H and O–H groups in total. The zero-order valence-electron chi connectivity index (χ0n) is 12.7. The lowest BCUT2D eigenvalue weighted by Gasteiger charge is -2.35. The van der Waals surface area contributed by atoms with Gasteiger partial charge in [-0.2, -0.15) is 0 Å². The average Bonchev–Trinajstić information content (AvgIpc) is 3.25. The molecule has 2 fully saturated rings. The molecule has 1 saturated carbocycles. The number of aromatic nitrogens is 2. The van der Waals surface area contributed by atoms with Gasteiger partial charge >= 0.3 is 0 Å². The zero-order chi connectivity index (χ0) is 15.0. The Morgan fingerprint density at radius 3 is 2.67 bits per heavy atom. The third kappa shape index (κ3) is 2.94. The summed E-state index contributed by atoms with van der Waals surface area (Å²) in [5.74, 6) is 0.961. The van der Waals surface area contributed by atoms with Crippen molar-refractivity contribution in [3.05, 3.63) is 22.7 Å². The van der Waals surface area contributed by atoms with Crippen molar-refractivity contribution in [3.63, 3.8) is 0 Å². The Kier molecular flexibility index (Phi) is 3.69. The van der Waals surface area contributed by atoms with Crippen molar-refractivity contribution in [2.45, 2.75) is 32.7 Å². The van der Waals surface area contributed by atoms with Gasteiger partial charge in [-0.05, 0) is 18.8 Å². The molecule has 1 amide bonds. The van der Waals surface area contributed by atoms with Crippen LogP contribution in [0, 0.1) is 5.92 Å². The second-order valence-corrected chi connectivity index (χ2v) is 6.35. The van der Waals surface area contributed by atoms with Crippen molar-refractivity contribution < 1.29 is 4.79 Å². The third-order valence-corrected chi connectivity index (χ3v) is 3.99. The first-order valence-corrected chi connectivity index (χ1v) is 7.66. The van der Waals surface area contributed by atoms with Gasteiger partial charge in [0.2, 0.25) is 5.91 Å². The van der Waals surface area contributed by atoms with Crippen LogP contribution >= 0.6 is 0 Å². The predicted octanol–water partition coefficient (Wildman–Crippen LogP) is 0.883. The number of anilines is 1. The molecule has 1 aromatic rings. The van der Waals surface area contributed by atoms with Crippen LogP contribution in [0.5, 0.6) is 0 Å². The maximum absolute atomic E-state index is 12.4. The minimum Gasteiger partial charge on any atom is -0.341 e. The van der Waals surface area contributed by atoms with Crippen LogP contribution in [0.15, 0.2) is 17.2 Å². The van der Waals surface area contributed by atoms with Gasteiger partial charge in [-0.25, -0.2) is 4.98 Å². The molecule has 0 atom stereocenters. The molecule has 0 radical (unpaired) electrons. The van der Waals surface area contributed by atoms with E-state index in [0.29, 0.717) is 30.9 Å². The van der Waals surface area contributed by atoms with E-state index in [1.807, 2.05) is 9.80 Å². The maximum Gasteiger partial charge on any atom is 0.293 e. The van der Waals surface area contributed by atoms with E-state index < -0.39 is 0 Å². The first kappa shape index (κ1) is 14.1. The maximum atomic E-state index is 12.4. The van der Waals surface area contributed by atoms with Gasteiger partial charge in [-0.1, -0.05) is 13.8 Å². The van der Waals surface area contributed by atoms with E-state index in [9.17, 15) is 9.59 Å². The molecule has 1 saturated heterocycles. The Morgan fingerprint density at radius 2 is 2.05 bits per heavy atom. The molecule has 1 aliphatic carbocycles. The molecule has 0 spiro atoms. The van der Waals surface area contributed by atoms with Crippen LogP contribution in [0.4, 0.5) is 5.82 Å². The molecule has 0 bridgehead atoms. The van der Waals surface area contributed by atoms with Crippen molar-refractivity contribution in [1.29, 1.82) is 0 Å². The Hall–Kier alpha value is -1.85. The molecular weight excluding hydrogens is 268 g/mol. The lowest BCUT2D eigenvalue weighted by Crippen LogP contribution is -2.53. The van der Waals surface area contributed by atoms with E-state index in [-0.39, 0.29) is 18.0 Å². The average molecular weight is 290 g/mol. The molecule has 0 aromatic carbocycles. The highest BCUT2D eigenvalue weighted by atomic mass is 16.2. The van der Waals surface area contributed by atoms with E-state index in [2.05, 4.69) is 18.8 Å². The molecule has 6 heteroatoms. The summed E-state index contributed by atoms with van der Waals surface area (Å²) < 4.78 is 1.76. The monoisotopic (exact) mass is 290 g/mol. The molecule has 2 aliphatic rings. The second-order valence-electron chi connectivity index (χ2n) is 6.35. The smallest absolute Gasteiger partial charge is 0.293 e. The van der Waals surface area contributed by atoms with Gasteiger partial charge in [-0.15, -0.1) is 0 Å². The molecular formula is C15H22N4O2. The van der Waals surface area contributed by atoms with E-state index in [0.717, 1.165) is 19.4 Å². The van der Waals surface area contributed by atoms with Crippen LogP contribution < -0.4 is 10.5 Å². The topological polar surface area (TPSA) is 58.4 Å². The summed E-state index contributed by atoms with van der Waals surface area (Å²) in [7, 11) is 0. The zero-order valence-corrected chi connectivity index (χ0v) is 12.7. The van der Waals surface area contributed by atoms with Gasteiger partial charge in [-0.3, -0.25) is 9.59 Å². The minimum absolute atomic E-state index is 0.0647. The van der Waals surface area contributed by atoms with Crippen molar-refractivity contribution in [2.75, 3.05) is 31.1 Å². The molecule has 3 rings (SSSR count). The summed E-state index contributed by atoms with van der Waals surface area (Å²) in [6.45, 7) is 6.58. The van der Waals surface area contributed by atoms with Crippen molar-refractivity contribution in [2.24, 2.45) is 5.92 Å². The van der Waals surface area contributed by atoms with E-state index in [1.165, 1.54) is 0 Å². The summed E-state index contributed by atoms with van der Waals surface area (Å²) >= 11 is 0. The van der Waals surface area contributed by atoms with Gasteiger partial charge in [0.25, 0.3) is 5.56 Å². The normalized spacial score (nSPS) is 19.5. The molecule has 21 heavy (non-hydrogen) atoms. The van der Waals surface area contributed by atoms with Crippen LogP contribution in [-0.4, -0.2) is 46.5 Å². The summed E-state index contributed by atoms with van der Waals surface area (Å²) in [4.78, 5) is 32.6. The van der Waals surface area contributed by atoms with Gasteiger partial charge in [0.05, 0.1) is 6.54 Å². The van der Waals surface area contributed by atoms with Crippen LogP contribution in [-0.2, 0) is 4.79 Å². The largest absolute Gasteiger partial charge is 0.341 e. The molecule has 2 heterocycles. The molecule has 1 aliphatic heterocycles. The van der Waals surface area contributed by atoms with E-state index in [4.69, 9.17) is 0 Å². The van der Waals surface area contributed by atoms with Gasteiger partial charge in [0.1, 0.15) is 0 Å². The first-order chi connectivity index (χ1) is 10.1. The van der Waals surface area contributed by atoms with Gasteiger partial charge in [0, 0.05) is 38.1 Å².